The summed E-state index contributed by atoms with van der Waals surface area (Å²) in [5, 5.41) is 10.1. The van der Waals surface area contributed by atoms with Gasteiger partial charge in [-0.1, -0.05) is 24.3 Å². The fourth-order valence-electron chi connectivity index (χ4n) is 5.30. The molecule has 1 aliphatic heterocycles. The van der Waals surface area contributed by atoms with Crippen LogP contribution in [0.3, 0.4) is 0 Å². The zero-order chi connectivity index (χ0) is 20.8. The van der Waals surface area contributed by atoms with Crippen LogP contribution < -0.4 is 4.90 Å². The normalized spacial score (nSPS) is 21.8. The van der Waals surface area contributed by atoms with Crippen molar-refractivity contribution < 1.29 is 0 Å². The molecular formula is C25H29N5. The number of nitriles is 1. The van der Waals surface area contributed by atoms with E-state index in [2.05, 4.69) is 71.6 Å². The molecule has 0 bridgehead atoms. The van der Waals surface area contributed by atoms with Crippen LogP contribution in [0.1, 0.15) is 48.3 Å². The number of aromatic nitrogens is 2. The van der Waals surface area contributed by atoms with E-state index in [-0.39, 0.29) is 0 Å². The number of fused-ring (bicyclic) bond motifs is 3. The van der Waals surface area contributed by atoms with Gasteiger partial charge in [0.05, 0.1) is 16.6 Å². The molecule has 2 aliphatic rings. The first-order valence-corrected chi connectivity index (χ1v) is 11.0. The highest BCUT2D eigenvalue weighted by Crippen LogP contribution is 2.41. The summed E-state index contributed by atoms with van der Waals surface area (Å²) in [6, 6.07) is 11.3. The van der Waals surface area contributed by atoms with Gasteiger partial charge >= 0.3 is 0 Å². The minimum absolute atomic E-state index is 0.352. The third-order valence-electron chi connectivity index (χ3n) is 6.95. The molecule has 5 nitrogen and oxygen atoms in total. The Hall–Kier alpha value is -2.84. The van der Waals surface area contributed by atoms with Gasteiger partial charge in [0, 0.05) is 30.6 Å². The van der Waals surface area contributed by atoms with Gasteiger partial charge in [0.15, 0.2) is 5.65 Å². The number of nitrogens with zero attached hydrogens (tertiary/aromatic N) is 5. The van der Waals surface area contributed by atoms with Crippen LogP contribution in [-0.4, -0.2) is 47.5 Å². The molecule has 2 aromatic heterocycles. The molecule has 3 heterocycles. The van der Waals surface area contributed by atoms with Gasteiger partial charge in [0.25, 0.3) is 0 Å². The molecule has 2 atom stereocenters. The van der Waals surface area contributed by atoms with Gasteiger partial charge in [-0.3, -0.25) is 4.40 Å². The van der Waals surface area contributed by atoms with Crippen molar-refractivity contribution in [2.45, 2.75) is 44.6 Å². The Balaban J connectivity index is 1.85. The van der Waals surface area contributed by atoms with E-state index in [4.69, 9.17) is 4.98 Å². The molecule has 1 unspecified atom stereocenters. The molecule has 5 rings (SSSR count). The van der Waals surface area contributed by atoms with E-state index in [1.54, 1.807) is 0 Å². The summed E-state index contributed by atoms with van der Waals surface area (Å²) in [6.07, 6.45) is 9.31. The predicted molar refractivity (Wildman–Crippen MR) is 122 cm³/mol. The van der Waals surface area contributed by atoms with Crippen molar-refractivity contribution in [1.29, 1.82) is 5.26 Å². The fraction of sp³-hybridized carbons (Fsp3) is 0.440. The maximum atomic E-state index is 10.1. The van der Waals surface area contributed by atoms with Gasteiger partial charge in [-0.2, -0.15) is 5.26 Å². The Bertz CT molecular complexity index is 1180. The zero-order valence-corrected chi connectivity index (χ0v) is 18.1. The minimum atomic E-state index is 0.352. The van der Waals surface area contributed by atoms with Crippen LogP contribution >= 0.6 is 0 Å². The summed E-state index contributed by atoms with van der Waals surface area (Å²) in [4.78, 5) is 9.78. The number of rotatable bonds is 3. The van der Waals surface area contributed by atoms with Gasteiger partial charge < -0.3 is 9.80 Å². The van der Waals surface area contributed by atoms with Crippen molar-refractivity contribution >= 4 is 22.5 Å². The van der Waals surface area contributed by atoms with Crippen LogP contribution in [0.25, 0.3) is 16.7 Å². The Labute approximate surface area is 178 Å². The number of hydrogen-bond donors (Lipinski definition) is 0. The van der Waals surface area contributed by atoms with E-state index in [1.807, 2.05) is 6.07 Å². The van der Waals surface area contributed by atoms with Crippen LogP contribution in [0.15, 0.2) is 36.4 Å². The van der Waals surface area contributed by atoms with Crippen molar-refractivity contribution in [3.8, 4) is 6.07 Å². The lowest BCUT2D eigenvalue weighted by Crippen LogP contribution is -2.33. The molecule has 0 saturated carbocycles. The Morgan fingerprint density at radius 1 is 1.20 bits per heavy atom. The molecule has 3 aromatic rings. The molecule has 0 spiro atoms. The average Bonchev–Trinajstić information content (AvgIpc) is 3.39. The molecule has 0 N–H and O–H groups in total. The molecular weight excluding hydrogens is 370 g/mol. The highest BCUT2D eigenvalue weighted by atomic mass is 15.3. The Kier molecular flexibility index (Phi) is 4.75. The first kappa shape index (κ1) is 19.1. The van der Waals surface area contributed by atoms with E-state index in [9.17, 15) is 5.26 Å². The summed E-state index contributed by atoms with van der Waals surface area (Å²) in [5.41, 5.74) is 5.97. The first-order chi connectivity index (χ1) is 14.6. The standard InChI is InChI=1S/C25H29N5/c1-17-20(15-26)24-27-21-11-7-8-12-22(21)30(24)25(23(17)18-9-5-4-6-10-18)29-14-13-19(16-29)28(2)3/h5,7-9,11-12,18-19H,4,6,10,13-14,16H2,1-3H3/t18?,19-/m0/s1. The summed E-state index contributed by atoms with van der Waals surface area (Å²) in [6.45, 7) is 4.15. The number of allylic oxidation sites excluding steroid dienone is 2. The SMILES string of the molecule is Cc1c(C2C=CCCC2)c(N2CC[C@H](N(C)C)C2)n2c(nc3ccccc32)c1C#N. The number of imidazole rings is 1. The maximum absolute atomic E-state index is 10.1. The largest absolute Gasteiger partial charge is 0.356 e. The topological polar surface area (TPSA) is 47.6 Å². The Morgan fingerprint density at radius 3 is 2.73 bits per heavy atom. The molecule has 154 valence electrons. The van der Waals surface area contributed by atoms with Crippen LogP contribution in [0, 0.1) is 18.3 Å². The second kappa shape index (κ2) is 7.45. The van der Waals surface area contributed by atoms with Crippen LogP contribution in [0.4, 0.5) is 5.82 Å². The smallest absolute Gasteiger partial charge is 0.157 e. The third kappa shape index (κ3) is 2.90. The summed E-state index contributed by atoms with van der Waals surface area (Å²) < 4.78 is 2.27. The molecule has 0 radical (unpaired) electrons. The lowest BCUT2D eigenvalue weighted by Gasteiger charge is -2.30. The lowest BCUT2D eigenvalue weighted by molar-refractivity contribution is 0.315. The Morgan fingerprint density at radius 2 is 2.03 bits per heavy atom. The second-order valence-corrected chi connectivity index (χ2v) is 8.93. The summed E-state index contributed by atoms with van der Waals surface area (Å²) in [5.74, 6) is 1.60. The average molecular weight is 400 g/mol. The van der Waals surface area contributed by atoms with Crippen molar-refractivity contribution in [2.75, 3.05) is 32.1 Å². The van der Waals surface area contributed by atoms with E-state index in [0.29, 0.717) is 17.5 Å². The van der Waals surface area contributed by atoms with Crippen molar-refractivity contribution in [3.63, 3.8) is 0 Å². The maximum Gasteiger partial charge on any atom is 0.157 e. The fourth-order valence-corrected chi connectivity index (χ4v) is 5.30. The van der Waals surface area contributed by atoms with E-state index in [1.165, 1.54) is 17.8 Å². The van der Waals surface area contributed by atoms with E-state index < -0.39 is 0 Å². The van der Waals surface area contributed by atoms with Gasteiger partial charge in [-0.05, 0) is 64.4 Å². The van der Waals surface area contributed by atoms with E-state index >= 15 is 0 Å². The van der Waals surface area contributed by atoms with Gasteiger partial charge in [-0.25, -0.2) is 4.98 Å². The van der Waals surface area contributed by atoms with Gasteiger partial charge in [0.1, 0.15) is 11.9 Å². The molecule has 5 heteroatoms. The summed E-state index contributed by atoms with van der Waals surface area (Å²) in [7, 11) is 4.34. The number of pyridine rings is 1. The number of benzene rings is 1. The second-order valence-electron chi connectivity index (χ2n) is 8.93. The monoisotopic (exact) mass is 399 g/mol. The van der Waals surface area contributed by atoms with Gasteiger partial charge in [-0.15, -0.1) is 0 Å². The molecule has 30 heavy (non-hydrogen) atoms. The van der Waals surface area contributed by atoms with Crippen LogP contribution in [0.5, 0.6) is 0 Å². The number of para-hydroxylation sites is 2. The summed E-state index contributed by atoms with van der Waals surface area (Å²) >= 11 is 0. The quantitative estimate of drug-likeness (QED) is 0.603. The molecule has 1 fully saturated rings. The minimum Gasteiger partial charge on any atom is -0.356 e. The number of likely N-dealkylation sites (N-methyl/N-ethyl adjacent to an activating group) is 1. The third-order valence-corrected chi connectivity index (χ3v) is 6.95. The number of hydrogen-bond acceptors (Lipinski definition) is 4. The van der Waals surface area contributed by atoms with Crippen molar-refractivity contribution in [3.05, 3.63) is 53.1 Å². The van der Waals surface area contributed by atoms with Crippen LogP contribution in [0.2, 0.25) is 0 Å². The predicted octanol–water partition coefficient (Wildman–Crippen LogP) is 4.63. The molecule has 1 saturated heterocycles. The van der Waals surface area contributed by atoms with Gasteiger partial charge in [0.2, 0.25) is 0 Å². The first-order valence-electron chi connectivity index (χ1n) is 11.0. The highest BCUT2D eigenvalue weighted by Gasteiger charge is 2.32. The van der Waals surface area contributed by atoms with E-state index in [0.717, 1.165) is 54.6 Å². The van der Waals surface area contributed by atoms with Crippen molar-refractivity contribution in [1.82, 2.24) is 14.3 Å². The lowest BCUT2D eigenvalue weighted by atomic mass is 9.85. The molecule has 1 aliphatic carbocycles. The zero-order valence-electron chi connectivity index (χ0n) is 18.1. The number of anilines is 1. The molecule has 1 aromatic carbocycles. The van der Waals surface area contributed by atoms with Crippen molar-refractivity contribution in [2.24, 2.45) is 0 Å². The molecule has 0 amide bonds. The van der Waals surface area contributed by atoms with Crippen LogP contribution in [-0.2, 0) is 0 Å². The highest BCUT2D eigenvalue weighted by molar-refractivity contribution is 5.86.